The zero-order chi connectivity index (χ0) is 13.6. The van der Waals surface area contributed by atoms with Crippen molar-refractivity contribution in [3.05, 3.63) is 27.7 Å². The first-order chi connectivity index (χ1) is 9.00. The van der Waals surface area contributed by atoms with Gasteiger partial charge in [0.25, 0.3) is 4.74 Å². The largest absolute Gasteiger partial charge is 0.297 e. The van der Waals surface area contributed by atoms with Crippen molar-refractivity contribution in [1.82, 2.24) is 8.26 Å². The molecule has 1 fully saturated rings. The molecule has 2 aromatic rings. The lowest BCUT2D eigenvalue weighted by Crippen LogP contribution is -2.27. The Morgan fingerprint density at radius 2 is 1.89 bits per heavy atom. The number of aryl methyl sites for hydroxylation is 1. The van der Waals surface area contributed by atoms with Crippen molar-refractivity contribution >= 4 is 32.5 Å². The molecule has 5 nitrogen and oxygen atoms in total. The lowest BCUT2D eigenvalue weighted by Gasteiger charge is -2.15. The van der Waals surface area contributed by atoms with Crippen molar-refractivity contribution < 1.29 is 8.42 Å². The van der Waals surface area contributed by atoms with Gasteiger partial charge >= 0.3 is 0 Å². The summed E-state index contributed by atoms with van der Waals surface area (Å²) in [6.07, 6.45) is 1.81. The van der Waals surface area contributed by atoms with Gasteiger partial charge in [-0.15, -0.1) is 0 Å². The van der Waals surface area contributed by atoms with E-state index in [4.69, 9.17) is 0 Å². The summed E-state index contributed by atoms with van der Waals surface area (Å²) in [7, 11) is -1.65. The van der Waals surface area contributed by atoms with Crippen LogP contribution in [0.1, 0.15) is 12.8 Å². The highest BCUT2D eigenvalue weighted by Crippen LogP contribution is 2.24. The van der Waals surface area contributed by atoms with Gasteiger partial charge in [0.05, 0.1) is 15.8 Å². The van der Waals surface area contributed by atoms with Gasteiger partial charge in [0, 0.05) is 20.1 Å². The molecule has 0 atom stereocenters. The number of aromatic nitrogens is 1. The van der Waals surface area contributed by atoms with E-state index < -0.39 is 10.0 Å². The molecule has 1 aromatic heterocycles. The number of nitrogens with zero attached hydrogens (tertiary/aromatic N) is 2. The summed E-state index contributed by atoms with van der Waals surface area (Å²) >= 11 is 1.09. The molecule has 0 bridgehead atoms. The van der Waals surface area contributed by atoms with Gasteiger partial charge in [-0.3, -0.25) is 8.75 Å². The van der Waals surface area contributed by atoms with Crippen LogP contribution in [0.2, 0.25) is 0 Å². The van der Waals surface area contributed by atoms with Gasteiger partial charge in [-0.25, -0.2) is 8.42 Å². The first kappa shape index (κ1) is 12.8. The van der Waals surface area contributed by atoms with E-state index in [-0.39, 0.29) is 9.64 Å². The first-order valence-corrected chi connectivity index (χ1v) is 8.32. The van der Waals surface area contributed by atoms with Gasteiger partial charge in [0.2, 0.25) is 10.0 Å². The minimum Gasteiger partial charge on any atom is -0.297 e. The number of hydrogen-bond donors (Lipinski definition) is 0. The van der Waals surface area contributed by atoms with Crippen LogP contribution >= 0.6 is 11.5 Å². The third-order valence-corrected chi connectivity index (χ3v) is 6.20. The molecule has 0 spiro atoms. The molecule has 0 amide bonds. The number of benzene rings is 1. The topological polar surface area (TPSA) is 59.4 Å². The highest BCUT2D eigenvalue weighted by molar-refractivity contribution is 7.89. The van der Waals surface area contributed by atoms with Crippen LogP contribution in [0, 0.1) is 0 Å². The fraction of sp³-hybridized carbons (Fsp3) is 0.417. The SMILES string of the molecule is Cn1sc(=O)c2cc(S(=O)(=O)N3CCCC3)ccc21. The molecule has 19 heavy (non-hydrogen) atoms. The van der Waals surface area contributed by atoms with E-state index in [1.54, 1.807) is 23.1 Å². The molecule has 7 heteroatoms. The summed E-state index contributed by atoms with van der Waals surface area (Å²) in [4.78, 5) is 12.0. The minimum atomic E-state index is -3.45. The van der Waals surface area contributed by atoms with Gasteiger partial charge in [-0.05, 0) is 42.6 Å². The van der Waals surface area contributed by atoms with E-state index >= 15 is 0 Å². The van der Waals surface area contributed by atoms with Crippen molar-refractivity contribution in [2.45, 2.75) is 17.7 Å². The number of rotatable bonds is 2. The van der Waals surface area contributed by atoms with Crippen LogP contribution in [-0.2, 0) is 17.1 Å². The standard InChI is InChI=1S/C12H14N2O3S2/c1-13-11-5-4-9(8-10(11)12(15)18-13)19(16,17)14-6-2-3-7-14/h4-5,8H,2-3,6-7H2,1H3. The van der Waals surface area contributed by atoms with Crippen LogP contribution in [0.15, 0.2) is 27.9 Å². The maximum Gasteiger partial charge on any atom is 0.257 e. The predicted molar refractivity (Wildman–Crippen MR) is 75.1 cm³/mol. The Bertz CT molecular complexity index is 783. The predicted octanol–water partition coefficient (Wildman–Crippen LogP) is 1.38. The Hall–Kier alpha value is -1.18. The molecule has 0 unspecified atom stereocenters. The van der Waals surface area contributed by atoms with E-state index in [1.807, 2.05) is 0 Å². The molecule has 2 heterocycles. The Kier molecular flexibility index (Phi) is 2.99. The van der Waals surface area contributed by atoms with Crippen LogP contribution in [0.5, 0.6) is 0 Å². The quantitative estimate of drug-likeness (QED) is 0.841. The second kappa shape index (κ2) is 4.43. The van der Waals surface area contributed by atoms with E-state index in [9.17, 15) is 13.2 Å². The highest BCUT2D eigenvalue weighted by atomic mass is 32.2. The van der Waals surface area contributed by atoms with Crippen molar-refractivity contribution in [2.24, 2.45) is 7.05 Å². The molecular formula is C12H14N2O3S2. The normalized spacial score (nSPS) is 17.3. The van der Waals surface area contributed by atoms with E-state index in [0.29, 0.717) is 18.5 Å². The Morgan fingerprint density at radius 1 is 1.21 bits per heavy atom. The van der Waals surface area contributed by atoms with E-state index in [2.05, 4.69) is 0 Å². The third-order valence-electron chi connectivity index (χ3n) is 3.45. The molecule has 3 rings (SSSR count). The maximum atomic E-state index is 12.4. The van der Waals surface area contributed by atoms with Crippen LogP contribution in [0.4, 0.5) is 0 Å². The van der Waals surface area contributed by atoms with Gasteiger partial charge in [-0.1, -0.05) is 0 Å². The molecule has 1 saturated heterocycles. The molecule has 0 saturated carbocycles. The van der Waals surface area contributed by atoms with Crippen molar-refractivity contribution in [1.29, 1.82) is 0 Å². The molecule has 102 valence electrons. The van der Waals surface area contributed by atoms with E-state index in [0.717, 1.165) is 29.9 Å². The molecule has 1 aliphatic rings. The number of fused-ring (bicyclic) bond motifs is 1. The van der Waals surface area contributed by atoms with Crippen LogP contribution in [0.3, 0.4) is 0 Å². The molecule has 0 aliphatic carbocycles. The van der Waals surface area contributed by atoms with E-state index in [1.165, 1.54) is 10.4 Å². The summed E-state index contributed by atoms with van der Waals surface area (Å²) in [5, 5.41) is 0.479. The molecule has 0 N–H and O–H groups in total. The number of hydrogen-bond acceptors (Lipinski definition) is 4. The van der Waals surface area contributed by atoms with Crippen LogP contribution < -0.4 is 4.74 Å². The van der Waals surface area contributed by atoms with Crippen LogP contribution in [0.25, 0.3) is 10.9 Å². The Labute approximate surface area is 115 Å². The van der Waals surface area contributed by atoms with Gasteiger partial charge in [0.1, 0.15) is 0 Å². The summed E-state index contributed by atoms with van der Waals surface area (Å²) in [5.41, 5.74) is 0.773. The number of sulfonamides is 1. The summed E-state index contributed by atoms with van der Waals surface area (Å²) in [6.45, 7) is 1.14. The molecule has 1 aromatic carbocycles. The third kappa shape index (κ3) is 2.01. The van der Waals surface area contributed by atoms with Gasteiger partial charge < -0.3 is 0 Å². The summed E-state index contributed by atoms with van der Waals surface area (Å²) in [6, 6.07) is 4.79. The first-order valence-electron chi connectivity index (χ1n) is 6.10. The average Bonchev–Trinajstić information content (AvgIpc) is 2.99. The Balaban J connectivity index is 2.15. The maximum absolute atomic E-state index is 12.4. The molecule has 1 aliphatic heterocycles. The average molecular weight is 298 g/mol. The zero-order valence-electron chi connectivity index (χ0n) is 10.5. The second-order valence-electron chi connectivity index (χ2n) is 4.67. The summed E-state index contributed by atoms with van der Waals surface area (Å²) < 4.78 is 28.0. The minimum absolute atomic E-state index is 0.101. The van der Waals surface area contributed by atoms with Crippen molar-refractivity contribution in [3.63, 3.8) is 0 Å². The fourth-order valence-electron chi connectivity index (χ4n) is 2.41. The smallest absolute Gasteiger partial charge is 0.257 e. The lowest BCUT2D eigenvalue weighted by atomic mass is 10.2. The summed E-state index contributed by atoms with van der Waals surface area (Å²) in [5.74, 6) is 0. The second-order valence-corrected chi connectivity index (χ2v) is 7.71. The molecular weight excluding hydrogens is 284 g/mol. The zero-order valence-corrected chi connectivity index (χ0v) is 12.1. The van der Waals surface area contributed by atoms with Crippen molar-refractivity contribution in [3.8, 4) is 0 Å². The lowest BCUT2D eigenvalue weighted by molar-refractivity contribution is 0.477. The van der Waals surface area contributed by atoms with Crippen molar-refractivity contribution in [2.75, 3.05) is 13.1 Å². The van der Waals surface area contributed by atoms with Gasteiger partial charge in [-0.2, -0.15) is 4.31 Å². The highest BCUT2D eigenvalue weighted by Gasteiger charge is 2.27. The molecule has 0 radical (unpaired) electrons. The van der Waals surface area contributed by atoms with Gasteiger partial charge in [0.15, 0.2) is 0 Å². The fourth-order valence-corrected chi connectivity index (χ4v) is 4.73. The van der Waals surface area contributed by atoms with Crippen LogP contribution in [-0.4, -0.2) is 29.8 Å². The Morgan fingerprint density at radius 3 is 2.58 bits per heavy atom. The monoisotopic (exact) mass is 298 g/mol.